The van der Waals surface area contributed by atoms with E-state index in [0.717, 1.165) is 68.9 Å². The van der Waals surface area contributed by atoms with E-state index in [1.165, 1.54) is 0 Å². The summed E-state index contributed by atoms with van der Waals surface area (Å²) in [4.78, 5) is 149. The third-order valence-corrected chi connectivity index (χ3v) is 29.5. The maximum Gasteiger partial charge on any atom is 0.334 e. The van der Waals surface area contributed by atoms with Crippen LogP contribution in [0.1, 0.15) is 187 Å². The summed E-state index contributed by atoms with van der Waals surface area (Å²) >= 11 is 3.67. The number of nitrogens with zero attached hydrogens (tertiary/aromatic N) is 6. The minimum absolute atomic E-state index is 0.0328. The molecule has 1 aromatic rings. The average molecular weight is 1730 g/mol. The maximum atomic E-state index is 13.8. The second-order valence-corrected chi connectivity index (χ2v) is 40.1. The molecule has 0 spiro atoms. The van der Waals surface area contributed by atoms with Crippen molar-refractivity contribution in [3.8, 4) is 0 Å². The van der Waals surface area contributed by atoms with Crippen molar-refractivity contribution in [2.45, 2.75) is 259 Å². The Morgan fingerprint density at radius 2 is 0.897 bits per heavy atom. The third-order valence-electron chi connectivity index (χ3n) is 21.9. The molecule has 7 unspecified atom stereocenters. The lowest BCUT2D eigenvalue weighted by molar-refractivity contribution is -0.129. The molecule has 0 radical (unpaired) electrons. The Morgan fingerprint density at radius 3 is 1.34 bits per heavy atom. The van der Waals surface area contributed by atoms with Gasteiger partial charge in [-0.3, -0.25) is 47.5 Å². The number of nitrogens with one attached hydrogen (secondary N) is 11. The number of urea groups is 2. The van der Waals surface area contributed by atoms with Crippen LogP contribution in [0.15, 0.2) is 0 Å². The predicted molar refractivity (Wildman–Crippen MR) is 441 cm³/mol. The number of rotatable bonds is 55. The van der Waals surface area contributed by atoms with Crippen LogP contribution >= 0.6 is 23.5 Å². The Balaban J connectivity index is 0.772. The Morgan fingerprint density at radius 1 is 0.491 bits per heavy atom. The van der Waals surface area contributed by atoms with E-state index < -0.39 is 88.1 Å². The van der Waals surface area contributed by atoms with E-state index in [2.05, 4.69) is 65.0 Å². The van der Waals surface area contributed by atoms with Crippen LogP contribution in [0.5, 0.6) is 0 Å². The summed E-state index contributed by atoms with van der Waals surface area (Å²) in [7, 11) is -11.6. The number of amides is 11. The molecule has 1 aromatic heterocycles. The minimum Gasteiger partial charge on any atom is -0.395 e. The van der Waals surface area contributed by atoms with Gasteiger partial charge in [-0.15, -0.1) is 0 Å². The molecule has 37 nitrogen and oxygen atoms in total. The van der Waals surface area contributed by atoms with Gasteiger partial charge in [-0.2, -0.15) is 55.3 Å². The van der Waals surface area contributed by atoms with E-state index in [4.69, 9.17) is 33.3 Å². The first kappa shape index (κ1) is 95.0. The van der Waals surface area contributed by atoms with Crippen molar-refractivity contribution in [1.29, 1.82) is 0 Å². The normalized spacial score (nSPS) is 21.2. The van der Waals surface area contributed by atoms with Crippen LogP contribution in [0.2, 0.25) is 12.6 Å². The van der Waals surface area contributed by atoms with Crippen LogP contribution in [0, 0.1) is 5.92 Å². The van der Waals surface area contributed by atoms with E-state index in [-0.39, 0.29) is 85.1 Å². The van der Waals surface area contributed by atoms with Crippen molar-refractivity contribution in [3.05, 3.63) is 0 Å². The van der Waals surface area contributed by atoms with Crippen molar-refractivity contribution < 1.29 is 92.2 Å². The number of unbranched alkanes of at least 4 members (excludes halogenated alkanes) is 7. The Hall–Kier alpha value is -6.51. The molecule has 0 saturated carbocycles. The number of ether oxygens (including phenoxy) is 2. The molecular formula is C74H127N17O20S4Si. The first-order valence-corrected chi connectivity index (χ1v) is 49.7. The van der Waals surface area contributed by atoms with Crippen molar-refractivity contribution in [1.82, 2.24) is 73.4 Å². The average Bonchev–Trinajstić information content (AvgIpc) is 1.21. The number of fused-ring (bicyclic) bond motifs is 2. The largest absolute Gasteiger partial charge is 0.395 e. The number of hydrogen-bond donors (Lipinski definition) is 13. The number of aromatic nitrogens is 3. The zero-order valence-electron chi connectivity index (χ0n) is 67.6. The highest BCUT2D eigenvalue weighted by Gasteiger charge is 2.44. The lowest BCUT2D eigenvalue weighted by atomic mass is 9.96. The Labute approximate surface area is 691 Å². The van der Waals surface area contributed by atoms with Gasteiger partial charge >= 0.3 is 20.6 Å². The van der Waals surface area contributed by atoms with Gasteiger partial charge in [0.05, 0.1) is 44.0 Å². The molecule has 7 saturated heterocycles. The van der Waals surface area contributed by atoms with E-state index in [9.17, 15) is 73.9 Å². The molecule has 7 aliphatic rings. The summed E-state index contributed by atoms with van der Waals surface area (Å²) in [6, 6.07) is -3.02. The fourth-order valence-electron chi connectivity index (χ4n) is 15.6. The summed E-state index contributed by atoms with van der Waals surface area (Å²) in [6.45, 7) is 11.9. The Bertz CT molecular complexity index is 3400. The summed E-state index contributed by atoms with van der Waals surface area (Å²) in [5, 5.41) is 32.0. The van der Waals surface area contributed by atoms with Crippen LogP contribution in [0.4, 0.5) is 27.4 Å². The van der Waals surface area contributed by atoms with Gasteiger partial charge in [-0.1, -0.05) is 32.1 Å². The number of thioether (sulfide) groups is 2. The number of ketones is 1. The molecule has 11 amide bonds. The SMILES string of the molecule is CCO[Si](C)(CCCCC(=O)CCCOCCOCCNC(=O)C1CCN(c2nc(N3CCC(NC(=O)C(CS(=O)(=O)O)NC(=O)CCCCCNC(=O)CCCCC4SCC5NC(=O)NC54)CC3)nc(N3CCC(NC(=O)C(CS(=O)(=O)O)NC(=O)CCCCCNC(=O)CCCC[C@@H]4SCC5NC(=O)NC54)CC3)n2)CC1)OCC. The topological polar surface area (TPSA) is 497 Å². The quantitative estimate of drug-likeness (QED) is 0.0193. The monoisotopic (exact) mass is 1730 g/mol. The molecule has 656 valence electrons. The highest BCUT2D eigenvalue weighted by atomic mass is 32.2. The molecule has 42 heteroatoms. The number of carbonyl (C=O) groups excluding carboxylic acids is 10. The zero-order valence-corrected chi connectivity index (χ0v) is 71.9. The van der Waals surface area contributed by atoms with E-state index in [1.807, 2.05) is 52.1 Å². The van der Waals surface area contributed by atoms with E-state index >= 15 is 0 Å². The fraction of sp³-hybridized carbons (Fsp3) is 0.824. The molecule has 13 N–H and O–H groups in total. The highest BCUT2D eigenvalue weighted by Crippen LogP contribution is 2.35. The molecule has 0 bridgehead atoms. The van der Waals surface area contributed by atoms with Gasteiger partial charge < -0.3 is 91.5 Å². The maximum absolute atomic E-state index is 13.8. The fourth-order valence-corrected chi connectivity index (χ4v) is 22.5. The lowest BCUT2D eigenvalue weighted by Crippen LogP contribution is -2.54. The zero-order chi connectivity index (χ0) is 83.5. The minimum atomic E-state index is -4.73. The van der Waals surface area contributed by atoms with Crippen LogP contribution in [-0.2, 0) is 76.9 Å². The van der Waals surface area contributed by atoms with Gasteiger partial charge in [-0.25, -0.2) is 9.59 Å². The molecule has 8 rings (SSSR count). The molecule has 8 atom stereocenters. The molecule has 0 aliphatic carbocycles. The van der Waals surface area contributed by atoms with Crippen molar-refractivity contribution in [2.24, 2.45) is 5.92 Å². The van der Waals surface area contributed by atoms with Crippen molar-refractivity contribution >= 4 is 129 Å². The van der Waals surface area contributed by atoms with Crippen molar-refractivity contribution in [2.75, 3.05) is 136 Å². The summed E-state index contributed by atoms with van der Waals surface area (Å²) in [5.74, 6) is -2.46. The van der Waals surface area contributed by atoms with Gasteiger partial charge in [0.2, 0.25) is 59.2 Å². The molecule has 8 heterocycles. The smallest absolute Gasteiger partial charge is 0.334 e. The number of hydrogen-bond acceptors (Lipinski definition) is 26. The first-order valence-electron chi connectivity index (χ1n) is 41.9. The van der Waals surface area contributed by atoms with Gasteiger partial charge in [0, 0.05) is 157 Å². The van der Waals surface area contributed by atoms with Crippen LogP contribution in [0.3, 0.4) is 0 Å². The van der Waals surface area contributed by atoms with Gasteiger partial charge in [0.15, 0.2) is 0 Å². The molecule has 7 aliphatic heterocycles. The van der Waals surface area contributed by atoms with Gasteiger partial charge in [-0.05, 0) is 129 Å². The van der Waals surface area contributed by atoms with Gasteiger partial charge in [0.1, 0.15) is 29.4 Å². The predicted octanol–water partition coefficient (Wildman–Crippen LogP) is 2.62. The third kappa shape index (κ3) is 34.3. The number of piperidine rings is 3. The standard InChI is InChI=1S/C74H127N17O20S4Si/c1-4-110-116(3,111-5-2)46-17-14-19-54(92)20-18-42-108-44-45-109-43-35-77-67(97)51-27-36-89(37-28-51)70-86-71(90-38-29-52(30-39-90)78-68(98)57(49-114(102,103)104)80-63(95)25-8-6-15-33-75-61(93)23-12-10-21-59-65-55(47-112-59)82-73(100)84-65)88-72(87-70)91-40-31-53(32-41-91)79-69(99)58(50-115(105,106)107)81-64(96)26-9-7-16-34-76-62(94)24-13-11-22-60-66-56(48-113-60)83-74(101)85-66/h51-53,55-60,65-66H,4-50H2,1-3H3,(H,75,93)(H,76,94)(H,77,97)(H,78,98)(H,79,99)(H,80,95)(H,81,96)(H2,82,84,100)(H2,83,85,101)(H,102,103,104)(H,105,106,107)/t55?,56?,57?,58?,59-,60?,65?,66?/m0/s1. The first-order chi connectivity index (χ1) is 55.6. The van der Waals surface area contributed by atoms with Crippen LogP contribution in [0.25, 0.3) is 0 Å². The number of anilines is 3. The second kappa shape index (κ2) is 49.3. The van der Waals surface area contributed by atoms with Crippen LogP contribution in [-0.4, -0.2) is 289 Å². The summed E-state index contributed by atoms with van der Waals surface area (Å²) < 4.78 is 91.8. The van der Waals surface area contributed by atoms with E-state index in [1.54, 1.807) is 0 Å². The molecule has 0 aromatic carbocycles. The highest BCUT2D eigenvalue weighted by molar-refractivity contribution is 8.00. The van der Waals surface area contributed by atoms with Crippen molar-refractivity contribution in [3.63, 3.8) is 0 Å². The molecular weight excluding hydrogens is 1600 g/mol. The number of Topliss-reactive ketones (excluding diaryl/α,β-unsaturated/α-hetero) is 1. The summed E-state index contributed by atoms with van der Waals surface area (Å²) in [6.07, 6.45) is 14.4. The second-order valence-electron chi connectivity index (χ2n) is 31.2. The Kier molecular flexibility index (Phi) is 40.3. The number of carbonyl (C=O) groups is 10. The molecule has 7 fully saturated rings. The van der Waals surface area contributed by atoms with Gasteiger partial charge in [0.25, 0.3) is 20.2 Å². The lowest BCUT2D eigenvalue weighted by Gasteiger charge is -2.36. The van der Waals surface area contributed by atoms with Crippen LogP contribution < -0.4 is 73.2 Å². The molecule has 116 heavy (non-hydrogen) atoms. The summed E-state index contributed by atoms with van der Waals surface area (Å²) in [5.41, 5.74) is 0. The van der Waals surface area contributed by atoms with E-state index in [0.29, 0.717) is 229 Å².